The van der Waals surface area contributed by atoms with E-state index in [0.717, 1.165) is 11.1 Å². The smallest absolute Gasteiger partial charge is 0.338 e. The number of hydrogen-bond donors (Lipinski definition) is 1. The van der Waals surface area contributed by atoms with Crippen molar-refractivity contribution in [2.24, 2.45) is 0 Å². The summed E-state index contributed by atoms with van der Waals surface area (Å²) in [6.45, 7) is 3.24. The second-order valence-electron chi connectivity index (χ2n) is 5.61. The van der Waals surface area contributed by atoms with Crippen molar-refractivity contribution < 1.29 is 23.8 Å². The fourth-order valence-electron chi connectivity index (χ4n) is 2.28. The highest BCUT2D eigenvalue weighted by molar-refractivity contribution is 6.31. The maximum atomic E-state index is 12.1. The van der Waals surface area contributed by atoms with Gasteiger partial charge in [0.05, 0.1) is 25.5 Å². The van der Waals surface area contributed by atoms with Crippen molar-refractivity contribution in [2.75, 3.05) is 26.1 Å². The van der Waals surface area contributed by atoms with Gasteiger partial charge in [0.25, 0.3) is 5.91 Å². The lowest BCUT2D eigenvalue weighted by Gasteiger charge is -2.12. The summed E-state index contributed by atoms with van der Waals surface area (Å²) in [6.07, 6.45) is 0. The molecule has 0 aliphatic carbocycles. The van der Waals surface area contributed by atoms with Gasteiger partial charge in [-0.1, -0.05) is 17.7 Å². The standard InChI is InChI=1S/C19H20ClNO5/c1-11-5-6-13(8-16(11)24-3)19(23)26-10-18(22)21-15-7-12(2)14(20)9-17(15)25-4/h5-9H,10H2,1-4H3,(H,21,22). The highest BCUT2D eigenvalue weighted by atomic mass is 35.5. The Morgan fingerprint density at radius 1 is 1.00 bits per heavy atom. The molecule has 0 aliphatic heterocycles. The predicted octanol–water partition coefficient (Wildman–Crippen LogP) is 3.77. The molecular weight excluding hydrogens is 358 g/mol. The molecule has 2 aromatic carbocycles. The van der Waals surface area contributed by atoms with Gasteiger partial charge in [-0.2, -0.15) is 0 Å². The van der Waals surface area contributed by atoms with Crippen LogP contribution in [0.1, 0.15) is 21.5 Å². The zero-order valence-electron chi connectivity index (χ0n) is 15.0. The molecule has 0 aliphatic rings. The van der Waals surface area contributed by atoms with Crippen molar-refractivity contribution >= 4 is 29.2 Å². The summed E-state index contributed by atoms with van der Waals surface area (Å²) in [6, 6.07) is 8.23. The van der Waals surface area contributed by atoms with Gasteiger partial charge in [-0.3, -0.25) is 4.79 Å². The van der Waals surface area contributed by atoms with Gasteiger partial charge in [-0.25, -0.2) is 4.79 Å². The van der Waals surface area contributed by atoms with Gasteiger partial charge < -0.3 is 19.5 Å². The SMILES string of the molecule is COc1cc(C(=O)OCC(=O)Nc2cc(C)c(Cl)cc2OC)ccc1C. The van der Waals surface area contributed by atoms with Crippen LogP contribution in [0.2, 0.25) is 5.02 Å². The highest BCUT2D eigenvalue weighted by Crippen LogP contribution is 2.30. The van der Waals surface area contributed by atoms with E-state index in [1.165, 1.54) is 14.2 Å². The van der Waals surface area contributed by atoms with Gasteiger partial charge in [0.15, 0.2) is 6.61 Å². The predicted molar refractivity (Wildman–Crippen MR) is 99.4 cm³/mol. The van der Waals surface area contributed by atoms with Crippen LogP contribution >= 0.6 is 11.6 Å². The van der Waals surface area contributed by atoms with Crippen molar-refractivity contribution in [1.29, 1.82) is 0 Å². The number of amides is 1. The maximum Gasteiger partial charge on any atom is 0.338 e. The molecule has 0 atom stereocenters. The summed E-state index contributed by atoms with van der Waals surface area (Å²) in [4.78, 5) is 24.2. The van der Waals surface area contributed by atoms with Crippen molar-refractivity contribution in [3.8, 4) is 11.5 Å². The monoisotopic (exact) mass is 377 g/mol. The normalized spacial score (nSPS) is 10.2. The number of benzene rings is 2. The molecule has 0 unspecified atom stereocenters. The Labute approximate surface area is 157 Å². The molecule has 0 saturated heterocycles. The topological polar surface area (TPSA) is 73.9 Å². The number of halogens is 1. The molecule has 1 N–H and O–H groups in total. The van der Waals surface area contributed by atoms with Crippen molar-refractivity contribution in [1.82, 2.24) is 0 Å². The average molecular weight is 378 g/mol. The molecule has 0 heterocycles. The van der Waals surface area contributed by atoms with Crippen LogP contribution in [0.3, 0.4) is 0 Å². The van der Waals surface area contributed by atoms with Gasteiger partial charge in [0.1, 0.15) is 11.5 Å². The quantitative estimate of drug-likeness (QED) is 0.776. The van der Waals surface area contributed by atoms with Crippen LogP contribution in [-0.2, 0) is 9.53 Å². The second kappa shape index (κ2) is 8.58. The number of anilines is 1. The molecule has 6 nitrogen and oxygen atoms in total. The molecular formula is C19H20ClNO5. The van der Waals surface area contributed by atoms with Crippen LogP contribution in [0.4, 0.5) is 5.69 Å². The molecule has 1 amide bonds. The van der Waals surface area contributed by atoms with Gasteiger partial charge >= 0.3 is 5.97 Å². The number of esters is 1. The molecule has 138 valence electrons. The van der Waals surface area contributed by atoms with Crippen LogP contribution in [0.25, 0.3) is 0 Å². The lowest BCUT2D eigenvalue weighted by Crippen LogP contribution is -2.21. The zero-order valence-corrected chi connectivity index (χ0v) is 15.8. The second-order valence-corrected chi connectivity index (χ2v) is 6.02. The molecule has 0 saturated carbocycles. The largest absolute Gasteiger partial charge is 0.496 e. The summed E-state index contributed by atoms with van der Waals surface area (Å²) in [5.41, 5.74) is 2.44. The number of methoxy groups -OCH3 is 2. The minimum atomic E-state index is -0.613. The van der Waals surface area contributed by atoms with Crippen LogP contribution < -0.4 is 14.8 Å². The maximum absolute atomic E-state index is 12.1. The number of ether oxygens (including phenoxy) is 3. The lowest BCUT2D eigenvalue weighted by atomic mass is 10.1. The van der Waals surface area contributed by atoms with E-state index in [1.807, 2.05) is 13.8 Å². The lowest BCUT2D eigenvalue weighted by molar-refractivity contribution is -0.119. The Hall–Kier alpha value is -2.73. The third-order valence-electron chi connectivity index (χ3n) is 3.73. The van der Waals surface area contributed by atoms with E-state index in [4.69, 9.17) is 25.8 Å². The van der Waals surface area contributed by atoms with Crippen LogP contribution in [0.15, 0.2) is 30.3 Å². The van der Waals surface area contributed by atoms with Crippen molar-refractivity contribution in [3.05, 3.63) is 52.0 Å². The Morgan fingerprint density at radius 2 is 1.69 bits per heavy atom. The fourth-order valence-corrected chi connectivity index (χ4v) is 2.43. The minimum Gasteiger partial charge on any atom is -0.496 e. The number of aryl methyl sites for hydroxylation is 2. The first kappa shape index (κ1) is 19.6. The van der Waals surface area contributed by atoms with Crippen LogP contribution in [0.5, 0.6) is 11.5 Å². The molecule has 0 spiro atoms. The molecule has 0 fully saturated rings. The number of carbonyl (C=O) groups is 2. The summed E-state index contributed by atoms with van der Waals surface area (Å²) < 4.78 is 15.4. The number of hydrogen-bond acceptors (Lipinski definition) is 5. The van der Waals surface area contributed by atoms with E-state index < -0.39 is 18.5 Å². The van der Waals surface area contributed by atoms with Gasteiger partial charge in [0.2, 0.25) is 0 Å². The van der Waals surface area contributed by atoms with E-state index in [0.29, 0.717) is 27.8 Å². The fraction of sp³-hybridized carbons (Fsp3) is 0.263. The molecule has 2 aromatic rings. The van der Waals surface area contributed by atoms with E-state index in [-0.39, 0.29) is 0 Å². The molecule has 7 heteroatoms. The first-order valence-corrected chi connectivity index (χ1v) is 8.19. The van der Waals surface area contributed by atoms with Gasteiger partial charge in [-0.15, -0.1) is 0 Å². The molecule has 0 bridgehead atoms. The number of nitrogens with one attached hydrogen (secondary N) is 1. The molecule has 0 radical (unpaired) electrons. The Balaban J connectivity index is 2.01. The van der Waals surface area contributed by atoms with E-state index in [2.05, 4.69) is 5.32 Å². The Morgan fingerprint density at radius 3 is 2.35 bits per heavy atom. The molecule has 2 rings (SSSR count). The van der Waals surface area contributed by atoms with E-state index in [9.17, 15) is 9.59 Å². The Kier molecular flexibility index (Phi) is 6.46. The number of rotatable bonds is 6. The number of carbonyl (C=O) groups excluding carboxylic acids is 2. The molecule has 0 aromatic heterocycles. The highest BCUT2D eigenvalue weighted by Gasteiger charge is 2.14. The van der Waals surface area contributed by atoms with Gasteiger partial charge in [0, 0.05) is 11.1 Å². The summed E-state index contributed by atoms with van der Waals surface area (Å²) >= 11 is 6.04. The third-order valence-corrected chi connectivity index (χ3v) is 4.14. The minimum absolute atomic E-state index is 0.306. The Bertz CT molecular complexity index is 835. The van der Waals surface area contributed by atoms with Crippen LogP contribution in [0, 0.1) is 13.8 Å². The van der Waals surface area contributed by atoms with E-state index >= 15 is 0 Å². The van der Waals surface area contributed by atoms with E-state index in [1.54, 1.807) is 30.3 Å². The van der Waals surface area contributed by atoms with Gasteiger partial charge in [-0.05, 0) is 43.2 Å². The zero-order chi connectivity index (χ0) is 19.3. The third kappa shape index (κ3) is 4.67. The van der Waals surface area contributed by atoms with Crippen LogP contribution in [-0.4, -0.2) is 32.7 Å². The molecule has 26 heavy (non-hydrogen) atoms. The van der Waals surface area contributed by atoms with Crippen molar-refractivity contribution in [3.63, 3.8) is 0 Å². The summed E-state index contributed by atoms with van der Waals surface area (Å²) in [5, 5.41) is 3.17. The first-order chi connectivity index (χ1) is 12.3. The average Bonchev–Trinajstić information content (AvgIpc) is 2.62. The van der Waals surface area contributed by atoms with Crippen molar-refractivity contribution in [2.45, 2.75) is 13.8 Å². The summed E-state index contributed by atoms with van der Waals surface area (Å²) in [5.74, 6) is -0.107. The first-order valence-electron chi connectivity index (χ1n) is 7.81. The summed E-state index contributed by atoms with van der Waals surface area (Å²) in [7, 11) is 2.99.